The maximum atomic E-state index is 9.09. The quantitative estimate of drug-likeness (QED) is 0.536. The van der Waals surface area contributed by atoms with Crippen molar-refractivity contribution in [3.05, 3.63) is 0 Å². The molecular weight excluding hydrogens is 181 g/mol. The molecule has 0 aliphatic heterocycles. The highest BCUT2D eigenvalue weighted by Gasteiger charge is 2.16. The lowest BCUT2D eigenvalue weighted by molar-refractivity contribution is 0.305. The average molecular weight is 190 g/mol. The molecule has 1 N–H and O–H groups in total. The van der Waals surface area contributed by atoms with Gasteiger partial charge in [-0.2, -0.15) is 0 Å². The summed E-state index contributed by atoms with van der Waals surface area (Å²) in [5.74, 6) is 0. The number of nitrogens with zero attached hydrogens (tertiary/aromatic N) is 1. The van der Waals surface area contributed by atoms with Gasteiger partial charge in [0.25, 0.3) is 6.64 Å². The van der Waals surface area contributed by atoms with E-state index in [4.69, 9.17) is 21.2 Å². The summed E-state index contributed by atoms with van der Waals surface area (Å²) in [5, 5.41) is 0. The number of rotatable bonds is 3. The van der Waals surface area contributed by atoms with Gasteiger partial charge in [-0.1, -0.05) is 0 Å². The first-order valence-electron chi connectivity index (χ1n) is 2.38. The minimum Gasteiger partial charge on any atom is -0.333 e. The third-order valence-electron chi connectivity index (χ3n) is 0.646. The van der Waals surface area contributed by atoms with Crippen molar-refractivity contribution in [2.75, 3.05) is 13.7 Å². The van der Waals surface area contributed by atoms with Gasteiger partial charge in [0.05, 0.1) is 6.61 Å². The molecule has 0 aromatic heterocycles. The van der Waals surface area contributed by atoms with Crippen LogP contribution in [0.3, 0.4) is 0 Å². The van der Waals surface area contributed by atoms with E-state index < -0.39 is 6.64 Å². The molecule has 0 aromatic rings. The van der Waals surface area contributed by atoms with Crippen molar-refractivity contribution in [1.82, 2.24) is 4.19 Å². The highest BCUT2D eigenvalue weighted by Crippen LogP contribution is 2.46. The Hall–Kier alpha value is 0.820. The molecule has 0 rings (SSSR count). The molecule has 0 aliphatic carbocycles. The van der Waals surface area contributed by atoms with E-state index in [0.29, 0.717) is 6.61 Å². The van der Waals surface area contributed by atoms with E-state index in [2.05, 4.69) is 11.8 Å². The van der Waals surface area contributed by atoms with Crippen molar-refractivity contribution >= 4 is 30.2 Å². The Labute approximate surface area is 64.9 Å². The first kappa shape index (κ1) is 9.82. The van der Waals surface area contributed by atoms with Crippen molar-refractivity contribution in [1.29, 1.82) is 0 Å². The van der Waals surface area contributed by atoms with Crippen molar-refractivity contribution in [2.24, 2.45) is 0 Å². The molecule has 0 saturated carbocycles. The average Bonchev–Trinajstić information content (AvgIpc) is 1.65. The summed E-state index contributed by atoms with van der Waals surface area (Å²) in [7, 11) is 1.47. The van der Waals surface area contributed by atoms with Crippen LogP contribution < -0.4 is 0 Å². The SMILES string of the molecule is CCOP(O)(=S)N(C)Cl. The molecule has 0 heterocycles. The molecule has 0 aliphatic rings. The molecule has 1 atom stereocenters. The zero-order chi connectivity index (χ0) is 7.49. The maximum absolute atomic E-state index is 9.09. The summed E-state index contributed by atoms with van der Waals surface area (Å²) in [6, 6.07) is 0. The lowest BCUT2D eigenvalue weighted by Gasteiger charge is -2.18. The number of hydrogen-bond acceptors (Lipinski definition) is 2. The van der Waals surface area contributed by atoms with Crippen LogP contribution >= 0.6 is 18.4 Å². The predicted octanol–water partition coefficient (Wildman–Crippen LogP) is 1.33. The van der Waals surface area contributed by atoms with Crippen LogP contribution in [0.2, 0.25) is 0 Å². The largest absolute Gasteiger partial charge is 0.333 e. The lowest BCUT2D eigenvalue weighted by atomic mass is 10.9. The Kier molecular flexibility index (Phi) is 4.21. The second-order valence-corrected chi connectivity index (χ2v) is 5.36. The van der Waals surface area contributed by atoms with Gasteiger partial charge in [-0.3, -0.25) is 0 Å². The molecule has 0 spiro atoms. The fraction of sp³-hybridized carbons (Fsp3) is 1.00. The van der Waals surface area contributed by atoms with Crippen molar-refractivity contribution < 1.29 is 9.42 Å². The molecule has 56 valence electrons. The summed E-state index contributed by atoms with van der Waals surface area (Å²) >= 11 is 9.96. The van der Waals surface area contributed by atoms with Gasteiger partial charge in [0.1, 0.15) is 0 Å². The van der Waals surface area contributed by atoms with E-state index in [-0.39, 0.29) is 0 Å². The fourth-order valence-electron chi connectivity index (χ4n) is 0.248. The van der Waals surface area contributed by atoms with Crippen LogP contribution in [0.4, 0.5) is 0 Å². The molecular formula is C3H9ClNO2PS. The smallest absolute Gasteiger partial charge is 0.275 e. The van der Waals surface area contributed by atoms with Crippen LogP contribution in [-0.2, 0) is 16.3 Å². The molecule has 3 nitrogen and oxygen atoms in total. The van der Waals surface area contributed by atoms with Gasteiger partial charge >= 0.3 is 0 Å². The third-order valence-corrected chi connectivity index (χ3v) is 3.87. The van der Waals surface area contributed by atoms with Crippen LogP contribution in [0, 0.1) is 0 Å². The molecule has 0 bridgehead atoms. The lowest BCUT2D eigenvalue weighted by Crippen LogP contribution is -2.03. The van der Waals surface area contributed by atoms with Gasteiger partial charge in [-0.15, -0.1) is 4.19 Å². The zero-order valence-electron chi connectivity index (χ0n) is 5.24. The molecule has 0 radical (unpaired) electrons. The Morgan fingerprint density at radius 2 is 2.33 bits per heavy atom. The van der Waals surface area contributed by atoms with Gasteiger partial charge in [-0.25, -0.2) is 0 Å². The maximum Gasteiger partial charge on any atom is 0.275 e. The second-order valence-electron chi connectivity index (χ2n) is 1.35. The molecule has 6 heteroatoms. The predicted molar refractivity (Wildman–Crippen MR) is 41.7 cm³/mol. The standard InChI is InChI=1S/C3H9ClNO2PS/c1-3-7-8(6,9)5(2)4/h3H2,1-2H3,(H,6,9). The second kappa shape index (κ2) is 3.86. The van der Waals surface area contributed by atoms with Crippen LogP contribution in [0.15, 0.2) is 0 Å². The molecule has 0 amide bonds. The number of halogens is 1. The zero-order valence-corrected chi connectivity index (χ0v) is 7.71. The first-order chi connectivity index (χ1) is 4.00. The Balaban J connectivity index is 3.87. The Morgan fingerprint density at radius 3 is 2.44 bits per heavy atom. The van der Waals surface area contributed by atoms with E-state index in [1.165, 1.54) is 7.05 Å². The van der Waals surface area contributed by atoms with E-state index in [0.717, 1.165) is 4.19 Å². The van der Waals surface area contributed by atoms with Crippen molar-refractivity contribution in [3.8, 4) is 0 Å². The van der Waals surface area contributed by atoms with Gasteiger partial charge in [0.2, 0.25) is 0 Å². The van der Waals surface area contributed by atoms with Gasteiger partial charge in [-0.05, 0) is 30.5 Å². The summed E-state index contributed by atoms with van der Waals surface area (Å²) in [6.45, 7) is -0.705. The highest BCUT2D eigenvalue weighted by atomic mass is 35.5. The van der Waals surface area contributed by atoms with E-state index in [9.17, 15) is 0 Å². The molecule has 1 unspecified atom stereocenters. The topological polar surface area (TPSA) is 32.7 Å². The molecule has 0 aromatic carbocycles. The monoisotopic (exact) mass is 189 g/mol. The third kappa shape index (κ3) is 3.50. The van der Waals surface area contributed by atoms with Crippen molar-refractivity contribution in [3.63, 3.8) is 0 Å². The molecule has 9 heavy (non-hydrogen) atoms. The summed E-state index contributed by atoms with van der Waals surface area (Å²) in [6.07, 6.45) is 0. The van der Waals surface area contributed by atoms with Crippen LogP contribution in [0.5, 0.6) is 0 Å². The van der Waals surface area contributed by atoms with E-state index in [1.54, 1.807) is 6.92 Å². The normalized spacial score (nSPS) is 17.9. The molecule has 0 saturated heterocycles. The van der Waals surface area contributed by atoms with E-state index >= 15 is 0 Å². The van der Waals surface area contributed by atoms with Gasteiger partial charge in [0, 0.05) is 7.05 Å². The van der Waals surface area contributed by atoms with Crippen LogP contribution in [0.1, 0.15) is 6.92 Å². The van der Waals surface area contributed by atoms with Crippen LogP contribution in [0.25, 0.3) is 0 Å². The highest BCUT2D eigenvalue weighted by molar-refractivity contribution is 8.08. The molecule has 0 fully saturated rings. The van der Waals surface area contributed by atoms with Crippen LogP contribution in [-0.4, -0.2) is 22.7 Å². The van der Waals surface area contributed by atoms with Gasteiger partial charge in [0.15, 0.2) is 0 Å². The fourth-order valence-corrected chi connectivity index (χ4v) is 1.19. The Morgan fingerprint density at radius 1 is 1.89 bits per heavy atom. The number of hydrogen-bond donors (Lipinski definition) is 1. The van der Waals surface area contributed by atoms with Crippen molar-refractivity contribution in [2.45, 2.75) is 6.92 Å². The van der Waals surface area contributed by atoms with E-state index in [1.807, 2.05) is 0 Å². The first-order valence-corrected chi connectivity index (χ1v) is 5.34. The summed E-state index contributed by atoms with van der Waals surface area (Å²) < 4.78 is 5.77. The minimum absolute atomic E-state index is 0.380. The van der Waals surface area contributed by atoms with Gasteiger partial charge < -0.3 is 9.42 Å². The summed E-state index contributed by atoms with van der Waals surface area (Å²) in [4.78, 5) is 9.09. The summed E-state index contributed by atoms with van der Waals surface area (Å²) in [5.41, 5.74) is 0. The minimum atomic E-state index is -2.83. The Bertz CT molecular complexity index is 131.